The van der Waals surface area contributed by atoms with Gasteiger partial charge in [0.25, 0.3) is 0 Å². The molecule has 0 N–H and O–H groups in total. The highest BCUT2D eigenvalue weighted by atomic mass is 19.4. The number of rotatable bonds is 10. The monoisotopic (exact) mass is 806 g/mol. The van der Waals surface area contributed by atoms with E-state index in [-0.39, 0.29) is 22.9 Å². The van der Waals surface area contributed by atoms with Crippen LogP contribution in [0.25, 0.3) is 28.0 Å². The van der Waals surface area contributed by atoms with Crippen molar-refractivity contribution in [1.29, 1.82) is 0 Å². The van der Waals surface area contributed by atoms with Crippen molar-refractivity contribution in [3.8, 4) is 22.6 Å². The Bertz CT molecular complexity index is 2270. The highest BCUT2D eigenvalue weighted by molar-refractivity contribution is 5.90. The minimum Gasteiger partial charge on any atom is -0.429 e. The van der Waals surface area contributed by atoms with Crippen molar-refractivity contribution in [3.63, 3.8) is 0 Å². The quantitative estimate of drug-likeness (QED) is 0.132. The van der Waals surface area contributed by atoms with Gasteiger partial charge in [-0.3, -0.25) is 0 Å². The molecule has 0 atom stereocenters. The Hall–Kier alpha value is -5.53. The molecular formula is C35H15F17O3. The van der Waals surface area contributed by atoms with Crippen LogP contribution in [0.15, 0.2) is 66.7 Å². The van der Waals surface area contributed by atoms with Crippen LogP contribution in [0.3, 0.4) is 0 Å². The van der Waals surface area contributed by atoms with E-state index in [2.05, 4.69) is 14.2 Å². The molecule has 0 heterocycles. The summed E-state index contributed by atoms with van der Waals surface area (Å²) in [5.41, 5.74) is -8.90. The molecule has 0 aliphatic rings. The molecule has 0 spiro atoms. The number of fused-ring (bicyclic) bond motifs is 1. The number of hydrogen-bond donors (Lipinski definition) is 0. The number of benzene rings is 5. The van der Waals surface area contributed by atoms with E-state index < -0.39 is 135 Å². The normalized spacial score (nSPS) is 12.9. The van der Waals surface area contributed by atoms with Crippen molar-refractivity contribution >= 4 is 16.8 Å². The lowest BCUT2D eigenvalue weighted by molar-refractivity contribution is -0.432. The molecule has 0 fully saturated rings. The molecule has 0 amide bonds. The van der Waals surface area contributed by atoms with Gasteiger partial charge in [-0.15, -0.1) is 13.2 Å². The molecule has 20 heteroatoms. The summed E-state index contributed by atoms with van der Waals surface area (Å²) in [5, 5.41) is -0.187. The van der Waals surface area contributed by atoms with Gasteiger partial charge < -0.3 is 9.47 Å². The Morgan fingerprint density at radius 3 is 1.33 bits per heavy atom. The Morgan fingerprint density at radius 1 is 0.491 bits per heavy atom. The van der Waals surface area contributed by atoms with E-state index in [9.17, 15) is 48.3 Å². The number of alkyl halides is 9. The molecule has 5 rings (SSSR count). The van der Waals surface area contributed by atoms with Crippen LogP contribution >= 0.6 is 0 Å². The zero-order valence-electron chi connectivity index (χ0n) is 26.6. The lowest BCUT2D eigenvalue weighted by atomic mass is 9.96. The first kappa shape index (κ1) is 40.7. The van der Waals surface area contributed by atoms with E-state index in [1.807, 2.05) is 0 Å². The number of ether oxygens (including phenoxy) is 3. The second-order valence-corrected chi connectivity index (χ2v) is 11.2. The van der Waals surface area contributed by atoms with E-state index in [1.165, 1.54) is 18.2 Å². The fourth-order valence-electron chi connectivity index (χ4n) is 5.27. The lowest BCUT2D eigenvalue weighted by Crippen LogP contribution is -2.30. The molecule has 0 aromatic heterocycles. The molecule has 0 radical (unpaired) electrons. The molecule has 55 heavy (non-hydrogen) atoms. The third-order valence-electron chi connectivity index (χ3n) is 7.38. The summed E-state index contributed by atoms with van der Waals surface area (Å²) < 4.78 is 252. The van der Waals surface area contributed by atoms with E-state index in [1.54, 1.807) is 19.1 Å². The maximum Gasteiger partial charge on any atom is 0.527 e. The van der Waals surface area contributed by atoms with Crippen LogP contribution in [0.2, 0.25) is 0 Å². The van der Waals surface area contributed by atoms with Crippen LogP contribution in [0.4, 0.5) is 74.6 Å². The molecule has 0 bridgehead atoms. The lowest BCUT2D eigenvalue weighted by Gasteiger charge is -2.23. The van der Waals surface area contributed by atoms with Gasteiger partial charge in [-0.2, -0.15) is 26.3 Å². The predicted octanol–water partition coefficient (Wildman–Crippen LogP) is 12.5. The fourth-order valence-corrected chi connectivity index (χ4v) is 5.27. The Balaban J connectivity index is 1.42. The summed E-state index contributed by atoms with van der Waals surface area (Å²) in [6, 6.07) is 3.16. The largest absolute Gasteiger partial charge is 0.527 e. The molecular weight excluding hydrogens is 791 g/mol. The highest BCUT2D eigenvalue weighted by Gasteiger charge is 2.50. The third-order valence-corrected chi connectivity index (χ3v) is 7.38. The Morgan fingerprint density at radius 2 is 0.909 bits per heavy atom. The molecule has 3 nitrogen and oxygen atoms in total. The van der Waals surface area contributed by atoms with Crippen LogP contribution in [0.1, 0.15) is 29.2 Å². The van der Waals surface area contributed by atoms with E-state index in [0.29, 0.717) is 5.56 Å². The van der Waals surface area contributed by atoms with Crippen molar-refractivity contribution in [2.24, 2.45) is 0 Å². The summed E-state index contributed by atoms with van der Waals surface area (Å²) >= 11 is 0. The van der Waals surface area contributed by atoms with Crippen LogP contribution in [-0.4, -0.2) is 6.36 Å². The van der Waals surface area contributed by atoms with Crippen molar-refractivity contribution in [3.05, 3.63) is 136 Å². The molecule has 5 aromatic rings. The van der Waals surface area contributed by atoms with Crippen LogP contribution in [0.5, 0.6) is 11.5 Å². The van der Waals surface area contributed by atoms with Gasteiger partial charge in [0.15, 0.2) is 0 Å². The average Bonchev–Trinajstić information content (AvgIpc) is 2.97. The van der Waals surface area contributed by atoms with Gasteiger partial charge in [0.05, 0.1) is 5.56 Å². The Labute approximate surface area is 295 Å². The molecule has 5 aromatic carbocycles. The molecule has 0 saturated heterocycles. The molecule has 0 aliphatic carbocycles. The van der Waals surface area contributed by atoms with E-state index >= 15 is 26.3 Å². The molecule has 0 aliphatic heterocycles. The van der Waals surface area contributed by atoms with Gasteiger partial charge in [0.1, 0.15) is 74.7 Å². The zero-order chi connectivity index (χ0) is 41.0. The van der Waals surface area contributed by atoms with Crippen LogP contribution in [0, 0.1) is 46.5 Å². The second kappa shape index (κ2) is 14.3. The fraction of sp³-hybridized carbons (Fsp3) is 0.143. The summed E-state index contributed by atoms with van der Waals surface area (Å²) in [5.74, 6) is -21.0. The first-order valence-corrected chi connectivity index (χ1v) is 14.7. The number of allylic oxidation sites excluding steroid dienone is 1. The minimum atomic E-state index is -6.15. The van der Waals surface area contributed by atoms with E-state index in [0.717, 1.165) is 6.07 Å². The van der Waals surface area contributed by atoms with Crippen LogP contribution < -0.4 is 9.47 Å². The summed E-state index contributed by atoms with van der Waals surface area (Å²) in [4.78, 5) is 0. The van der Waals surface area contributed by atoms with E-state index in [4.69, 9.17) is 0 Å². The zero-order valence-corrected chi connectivity index (χ0v) is 26.6. The second-order valence-electron chi connectivity index (χ2n) is 11.2. The van der Waals surface area contributed by atoms with Gasteiger partial charge in [0.2, 0.25) is 0 Å². The summed E-state index contributed by atoms with van der Waals surface area (Å²) in [6.07, 6.45) is -19.3. The summed E-state index contributed by atoms with van der Waals surface area (Å²) in [7, 11) is 0. The predicted molar refractivity (Wildman–Crippen MR) is 157 cm³/mol. The van der Waals surface area contributed by atoms with Gasteiger partial charge in [-0.1, -0.05) is 24.3 Å². The van der Waals surface area contributed by atoms with Gasteiger partial charge >= 0.3 is 24.7 Å². The standard InChI is InChI=1S/C35H15F17O3/c1-2-3-14-4-5-19-15(6-14)7-20(36)27(31(19)43)16-8-21(37)28(22(38)9-16)32(44,45)53-17-10-23(39)29(24(40)11-17)33(46,47)54-18-12-25(41)30(26(42)13-18)34(48,49)55-35(50,51)52/h2-13H,1H3. The first-order valence-electron chi connectivity index (χ1n) is 14.7. The average molecular weight is 806 g/mol. The van der Waals surface area contributed by atoms with Crippen molar-refractivity contribution in [1.82, 2.24) is 0 Å². The minimum absolute atomic E-state index is 0.0318. The van der Waals surface area contributed by atoms with Gasteiger partial charge in [-0.25, -0.2) is 39.9 Å². The summed E-state index contributed by atoms with van der Waals surface area (Å²) in [6.45, 7) is 1.67. The van der Waals surface area contributed by atoms with Gasteiger partial charge in [0, 0.05) is 29.7 Å². The highest BCUT2D eigenvalue weighted by Crippen LogP contribution is 2.44. The maximum atomic E-state index is 15.4. The van der Waals surface area contributed by atoms with Crippen LogP contribution in [-0.2, 0) is 23.1 Å². The number of hydrogen-bond acceptors (Lipinski definition) is 3. The third kappa shape index (κ3) is 8.27. The SMILES string of the molecule is CC=Cc1ccc2c(F)c(-c3cc(F)c(C(F)(F)Oc4cc(F)c(C(F)(F)Oc5cc(F)c(C(F)(F)OC(F)(F)F)c(F)c5)c(F)c4)c(F)c3)c(F)cc2c1. The van der Waals surface area contributed by atoms with Crippen molar-refractivity contribution < 1.29 is 88.8 Å². The molecule has 292 valence electrons. The van der Waals surface area contributed by atoms with Crippen molar-refractivity contribution in [2.75, 3.05) is 0 Å². The first-order chi connectivity index (χ1) is 25.3. The maximum absolute atomic E-state index is 15.4. The topological polar surface area (TPSA) is 27.7 Å². The molecule has 0 saturated carbocycles. The van der Waals surface area contributed by atoms with Gasteiger partial charge in [-0.05, 0) is 47.7 Å². The smallest absolute Gasteiger partial charge is 0.429 e. The number of halogens is 17. The Kier molecular flexibility index (Phi) is 10.6. The van der Waals surface area contributed by atoms with Crippen molar-refractivity contribution in [2.45, 2.75) is 31.6 Å². The molecule has 0 unspecified atom stereocenters.